The zero-order chi connectivity index (χ0) is 11.5. The van der Waals surface area contributed by atoms with Crippen LogP contribution in [0.1, 0.15) is 24.0 Å². The van der Waals surface area contributed by atoms with Gasteiger partial charge in [0.05, 0.1) is 12.8 Å². The van der Waals surface area contributed by atoms with Crippen molar-refractivity contribution in [3.63, 3.8) is 0 Å². The summed E-state index contributed by atoms with van der Waals surface area (Å²) in [5.74, 6) is 0.955. The molecule has 1 atom stereocenters. The van der Waals surface area contributed by atoms with Crippen LogP contribution in [-0.2, 0) is 6.42 Å². The van der Waals surface area contributed by atoms with E-state index in [0.29, 0.717) is 6.04 Å². The van der Waals surface area contributed by atoms with Crippen LogP contribution in [0.2, 0.25) is 0 Å². The highest BCUT2D eigenvalue weighted by atomic mass is 16.5. The molecule has 1 aromatic carbocycles. The third-order valence-electron chi connectivity index (χ3n) is 3.17. The summed E-state index contributed by atoms with van der Waals surface area (Å²) < 4.78 is 5.43. The summed E-state index contributed by atoms with van der Waals surface area (Å²) in [4.78, 5) is 0. The number of hydrogen-bond acceptors (Lipinski definition) is 3. The number of hydrogen-bond donors (Lipinski definition) is 2. The molecule has 3 nitrogen and oxygen atoms in total. The van der Waals surface area contributed by atoms with Crippen molar-refractivity contribution in [1.82, 2.24) is 0 Å². The molecule has 0 bridgehead atoms. The highest BCUT2D eigenvalue weighted by molar-refractivity contribution is 5.65. The van der Waals surface area contributed by atoms with Gasteiger partial charge in [0, 0.05) is 6.04 Å². The molecule has 0 spiro atoms. The Morgan fingerprint density at radius 3 is 3.00 bits per heavy atom. The molecule has 0 aliphatic carbocycles. The standard InChI is InChI=1S/C13H20N2O/c1-9-7-10-3-4-11(5-6-14)15-13(10)12(8-9)16-2/h7-8,11,15H,3-6,14H2,1-2H3. The molecule has 1 aromatic rings. The number of nitrogens with two attached hydrogens (primary N) is 1. The largest absolute Gasteiger partial charge is 0.495 e. The lowest BCUT2D eigenvalue weighted by atomic mass is 9.94. The fourth-order valence-electron chi connectivity index (χ4n) is 2.37. The first kappa shape index (κ1) is 11.3. The molecule has 0 fully saturated rings. The lowest BCUT2D eigenvalue weighted by Crippen LogP contribution is -2.28. The molecule has 0 amide bonds. The normalized spacial score (nSPS) is 18.8. The molecular weight excluding hydrogens is 200 g/mol. The predicted molar refractivity (Wildman–Crippen MR) is 67.1 cm³/mol. The van der Waals surface area contributed by atoms with Gasteiger partial charge in [-0.2, -0.15) is 0 Å². The second-order valence-corrected chi connectivity index (χ2v) is 4.46. The van der Waals surface area contributed by atoms with Crippen LogP contribution < -0.4 is 15.8 Å². The summed E-state index contributed by atoms with van der Waals surface area (Å²) in [5.41, 5.74) is 9.39. The van der Waals surface area contributed by atoms with Crippen molar-refractivity contribution in [1.29, 1.82) is 0 Å². The minimum Gasteiger partial charge on any atom is -0.495 e. The molecule has 0 aromatic heterocycles. The Kier molecular flexibility index (Phi) is 3.34. The van der Waals surface area contributed by atoms with Crippen LogP contribution in [0.3, 0.4) is 0 Å². The second-order valence-electron chi connectivity index (χ2n) is 4.46. The molecule has 0 saturated carbocycles. The van der Waals surface area contributed by atoms with Gasteiger partial charge in [-0.1, -0.05) is 6.07 Å². The van der Waals surface area contributed by atoms with Crippen LogP contribution in [0.5, 0.6) is 5.75 Å². The van der Waals surface area contributed by atoms with Gasteiger partial charge < -0.3 is 15.8 Å². The van der Waals surface area contributed by atoms with E-state index in [4.69, 9.17) is 10.5 Å². The first-order valence-electron chi connectivity index (χ1n) is 5.88. The number of rotatable bonds is 3. The SMILES string of the molecule is COc1cc(C)cc2c1NC(CCN)CC2. The van der Waals surface area contributed by atoms with E-state index < -0.39 is 0 Å². The lowest BCUT2D eigenvalue weighted by molar-refractivity contribution is 0.413. The van der Waals surface area contributed by atoms with Crippen molar-refractivity contribution >= 4 is 5.69 Å². The van der Waals surface area contributed by atoms with E-state index in [1.807, 2.05) is 0 Å². The van der Waals surface area contributed by atoms with Crippen molar-refractivity contribution < 1.29 is 4.74 Å². The molecule has 1 unspecified atom stereocenters. The Morgan fingerprint density at radius 1 is 1.50 bits per heavy atom. The minimum absolute atomic E-state index is 0.495. The molecule has 2 rings (SSSR count). The molecule has 88 valence electrons. The summed E-state index contributed by atoms with van der Waals surface area (Å²) in [7, 11) is 1.73. The van der Waals surface area contributed by atoms with Gasteiger partial charge in [0.15, 0.2) is 0 Å². The fourth-order valence-corrected chi connectivity index (χ4v) is 2.37. The monoisotopic (exact) mass is 220 g/mol. The molecule has 3 N–H and O–H groups in total. The van der Waals surface area contributed by atoms with Crippen LogP contribution in [0.4, 0.5) is 5.69 Å². The molecule has 1 aliphatic heterocycles. The summed E-state index contributed by atoms with van der Waals surface area (Å²) in [6.07, 6.45) is 3.30. The smallest absolute Gasteiger partial charge is 0.142 e. The van der Waals surface area contributed by atoms with Gasteiger partial charge in [-0.25, -0.2) is 0 Å². The van der Waals surface area contributed by atoms with Gasteiger partial charge in [-0.15, -0.1) is 0 Å². The number of nitrogens with one attached hydrogen (secondary N) is 1. The van der Waals surface area contributed by atoms with Crippen LogP contribution in [0.25, 0.3) is 0 Å². The number of anilines is 1. The van der Waals surface area contributed by atoms with Crippen LogP contribution in [0, 0.1) is 6.92 Å². The van der Waals surface area contributed by atoms with E-state index in [9.17, 15) is 0 Å². The van der Waals surface area contributed by atoms with Crippen molar-refractivity contribution in [2.45, 2.75) is 32.2 Å². The van der Waals surface area contributed by atoms with Crippen LogP contribution in [-0.4, -0.2) is 19.7 Å². The quantitative estimate of drug-likeness (QED) is 0.820. The zero-order valence-corrected chi connectivity index (χ0v) is 10.0. The fraction of sp³-hybridized carbons (Fsp3) is 0.538. The molecule has 0 radical (unpaired) electrons. The van der Waals surface area contributed by atoms with E-state index >= 15 is 0 Å². The highest BCUT2D eigenvalue weighted by Gasteiger charge is 2.20. The number of aryl methyl sites for hydroxylation is 2. The number of fused-ring (bicyclic) bond motifs is 1. The van der Waals surface area contributed by atoms with E-state index in [2.05, 4.69) is 24.4 Å². The maximum atomic E-state index is 5.60. The third kappa shape index (κ3) is 2.14. The minimum atomic E-state index is 0.495. The first-order valence-corrected chi connectivity index (χ1v) is 5.88. The maximum Gasteiger partial charge on any atom is 0.142 e. The van der Waals surface area contributed by atoms with Crippen molar-refractivity contribution in [3.8, 4) is 5.75 Å². The van der Waals surface area contributed by atoms with Gasteiger partial charge >= 0.3 is 0 Å². The Bertz CT molecular complexity index is 359. The molecule has 0 saturated heterocycles. The van der Waals surface area contributed by atoms with Crippen LogP contribution >= 0.6 is 0 Å². The third-order valence-corrected chi connectivity index (χ3v) is 3.17. The van der Waals surface area contributed by atoms with Crippen LogP contribution in [0.15, 0.2) is 12.1 Å². The Morgan fingerprint density at radius 2 is 2.31 bits per heavy atom. The van der Waals surface area contributed by atoms with Gasteiger partial charge in [0.25, 0.3) is 0 Å². The molecule has 1 heterocycles. The number of ether oxygens (including phenoxy) is 1. The van der Waals surface area contributed by atoms with Gasteiger partial charge in [-0.05, 0) is 49.9 Å². The summed E-state index contributed by atoms with van der Waals surface area (Å²) in [5, 5.41) is 3.54. The first-order chi connectivity index (χ1) is 7.74. The zero-order valence-electron chi connectivity index (χ0n) is 10.0. The Hall–Kier alpha value is -1.22. The molecular formula is C13H20N2O. The summed E-state index contributed by atoms with van der Waals surface area (Å²) >= 11 is 0. The summed E-state index contributed by atoms with van der Waals surface area (Å²) in [6, 6.07) is 4.81. The van der Waals surface area contributed by atoms with E-state index in [1.54, 1.807) is 7.11 Å². The van der Waals surface area contributed by atoms with Crippen molar-refractivity contribution in [2.24, 2.45) is 5.73 Å². The predicted octanol–water partition coefficient (Wildman–Crippen LogP) is 2.08. The second kappa shape index (κ2) is 4.74. The average molecular weight is 220 g/mol. The van der Waals surface area contributed by atoms with Gasteiger partial charge in [0.2, 0.25) is 0 Å². The molecule has 3 heteroatoms. The van der Waals surface area contributed by atoms with Gasteiger partial charge in [0.1, 0.15) is 5.75 Å². The summed E-state index contributed by atoms with van der Waals surface area (Å²) in [6.45, 7) is 2.84. The molecule has 16 heavy (non-hydrogen) atoms. The number of benzene rings is 1. The molecule has 1 aliphatic rings. The van der Waals surface area contributed by atoms with Crippen molar-refractivity contribution in [3.05, 3.63) is 23.3 Å². The van der Waals surface area contributed by atoms with E-state index in [-0.39, 0.29) is 0 Å². The number of methoxy groups -OCH3 is 1. The Balaban J connectivity index is 2.28. The van der Waals surface area contributed by atoms with Gasteiger partial charge in [-0.3, -0.25) is 0 Å². The van der Waals surface area contributed by atoms with Crippen molar-refractivity contribution in [2.75, 3.05) is 19.0 Å². The van der Waals surface area contributed by atoms with E-state index in [1.165, 1.54) is 11.1 Å². The highest BCUT2D eigenvalue weighted by Crippen LogP contribution is 2.35. The lowest BCUT2D eigenvalue weighted by Gasteiger charge is -2.28. The maximum absolute atomic E-state index is 5.60. The Labute approximate surface area is 97.0 Å². The average Bonchev–Trinajstić information content (AvgIpc) is 2.29. The topological polar surface area (TPSA) is 47.3 Å². The van der Waals surface area contributed by atoms with E-state index in [0.717, 1.165) is 37.2 Å².